The number of methoxy groups -OCH3 is 1. The average Bonchev–Trinajstić information content (AvgIpc) is 3.11. The first kappa shape index (κ1) is 17.8. The highest BCUT2D eigenvalue weighted by atomic mass is 32.1. The lowest BCUT2D eigenvalue weighted by Gasteiger charge is -2.43. The summed E-state index contributed by atoms with van der Waals surface area (Å²) in [5.41, 5.74) is 0.0156. The standard InChI is InChI=1S/C18H23N3O3S/c1-13-11-21(12-16(22)20-17-19-8-10-25-17)9-7-18(13,23)14-3-5-15(24-2)6-4-14/h3-6,8,10,13,23H,7,9,11-12H2,1-2H3,(H,19,20,22). The second-order valence-electron chi connectivity index (χ2n) is 6.42. The zero-order valence-corrected chi connectivity index (χ0v) is 15.3. The number of aliphatic hydroxyl groups is 1. The SMILES string of the molecule is COc1ccc(C2(O)CCN(CC(=O)Nc3nccs3)CC2C)cc1. The number of hydrogen-bond donors (Lipinski definition) is 2. The molecule has 2 unspecified atom stereocenters. The highest BCUT2D eigenvalue weighted by Gasteiger charge is 2.40. The highest BCUT2D eigenvalue weighted by Crippen LogP contribution is 2.37. The summed E-state index contributed by atoms with van der Waals surface area (Å²) in [4.78, 5) is 18.3. The molecule has 1 aromatic carbocycles. The third-order valence-corrected chi connectivity index (χ3v) is 5.48. The normalized spacial score (nSPS) is 24.0. The predicted octanol–water partition coefficient (Wildman–Crippen LogP) is 2.32. The zero-order valence-electron chi connectivity index (χ0n) is 14.4. The number of piperidine rings is 1. The maximum Gasteiger partial charge on any atom is 0.240 e. The van der Waals surface area contributed by atoms with Crippen LogP contribution in [0, 0.1) is 5.92 Å². The number of benzene rings is 1. The molecule has 2 atom stereocenters. The molecule has 7 heteroatoms. The van der Waals surface area contributed by atoms with Crippen LogP contribution in [-0.2, 0) is 10.4 Å². The highest BCUT2D eigenvalue weighted by molar-refractivity contribution is 7.13. The number of carbonyl (C=O) groups excluding carboxylic acids is 1. The Morgan fingerprint density at radius 2 is 2.24 bits per heavy atom. The number of amides is 1. The van der Waals surface area contributed by atoms with Gasteiger partial charge in [-0.05, 0) is 24.1 Å². The van der Waals surface area contributed by atoms with E-state index in [0.29, 0.717) is 31.2 Å². The fraction of sp³-hybridized carbons (Fsp3) is 0.444. The van der Waals surface area contributed by atoms with Gasteiger partial charge in [-0.1, -0.05) is 19.1 Å². The van der Waals surface area contributed by atoms with Gasteiger partial charge in [0, 0.05) is 30.6 Å². The molecule has 0 radical (unpaired) electrons. The molecule has 1 aliphatic heterocycles. The van der Waals surface area contributed by atoms with Gasteiger partial charge in [0.2, 0.25) is 5.91 Å². The van der Waals surface area contributed by atoms with Crippen LogP contribution in [0.25, 0.3) is 0 Å². The number of hydrogen-bond acceptors (Lipinski definition) is 6. The van der Waals surface area contributed by atoms with Crippen LogP contribution >= 0.6 is 11.3 Å². The van der Waals surface area contributed by atoms with E-state index in [1.54, 1.807) is 13.3 Å². The molecular weight excluding hydrogens is 338 g/mol. The minimum Gasteiger partial charge on any atom is -0.497 e. The Balaban J connectivity index is 1.60. The second kappa shape index (κ2) is 7.51. The first-order valence-electron chi connectivity index (χ1n) is 8.30. The van der Waals surface area contributed by atoms with Crippen LogP contribution in [0.3, 0.4) is 0 Å². The molecule has 1 aromatic heterocycles. The van der Waals surface area contributed by atoms with Crippen molar-refractivity contribution in [3.63, 3.8) is 0 Å². The quantitative estimate of drug-likeness (QED) is 0.855. The smallest absolute Gasteiger partial charge is 0.240 e. The summed E-state index contributed by atoms with van der Waals surface area (Å²) in [6.07, 6.45) is 2.25. The first-order valence-corrected chi connectivity index (χ1v) is 9.18. The molecule has 1 aliphatic rings. The zero-order chi connectivity index (χ0) is 17.9. The minimum absolute atomic E-state index is 0.0160. The van der Waals surface area contributed by atoms with E-state index in [4.69, 9.17) is 4.74 Å². The molecule has 2 aromatic rings. The third-order valence-electron chi connectivity index (χ3n) is 4.79. The van der Waals surface area contributed by atoms with Crippen molar-refractivity contribution in [2.75, 3.05) is 32.1 Å². The summed E-state index contributed by atoms with van der Waals surface area (Å²) < 4.78 is 5.18. The Kier molecular flexibility index (Phi) is 5.36. The van der Waals surface area contributed by atoms with E-state index in [1.165, 1.54) is 11.3 Å². The minimum atomic E-state index is -0.880. The van der Waals surface area contributed by atoms with E-state index < -0.39 is 5.60 Å². The molecule has 134 valence electrons. The predicted molar refractivity (Wildman–Crippen MR) is 97.9 cm³/mol. The van der Waals surface area contributed by atoms with Gasteiger partial charge in [-0.25, -0.2) is 4.98 Å². The Hall–Kier alpha value is -1.96. The van der Waals surface area contributed by atoms with Crippen molar-refractivity contribution < 1.29 is 14.6 Å². The molecule has 2 heterocycles. The van der Waals surface area contributed by atoms with Crippen molar-refractivity contribution in [2.45, 2.75) is 18.9 Å². The number of aromatic nitrogens is 1. The maximum atomic E-state index is 12.1. The van der Waals surface area contributed by atoms with Crippen LogP contribution in [0.2, 0.25) is 0 Å². The third kappa shape index (κ3) is 4.00. The van der Waals surface area contributed by atoms with Gasteiger partial charge in [0.25, 0.3) is 0 Å². The summed E-state index contributed by atoms with van der Waals surface area (Å²) in [7, 11) is 1.63. The van der Waals surface area contributed by atoms with Crippen LogP contribution in [0.4, 0.5) is 5.13 Å². The second-order valence-corrected chi connectivity index (χ2v) is 7.32. The van der Waals surface area contributed by atoms with Crippen molar-refractivity contribution in [3.05, 3.63) is 41.4 Å². The molecular formula is C18H23N3O3S. The largest absolute Gasteiger partial charge is 0.497 e. The molecule has 0 bridgehead atoms. The lowest BCUT2D eigenvalue weighted by Crippen LogP contribution is -2.50. The lowest BCUT2D eigenvalue weighted by molar-refractivity contribution is -0.120. The Bertz CT molecular complexity index is 705. The summed E-state index contributed by atoms with van der Waals surface area (Å²) in [6.45, 7) is 3.66. The van der Waals surface area contributed by atoms with E-state index in [9.17, 15) is 9.90 Å². The number of nitrogens with zero attached hydrogens (tertiary/aromatic N) is 2. The molecule has 1 amide bonds. The molecule has 0 spiro atoms. The molecule has 1 fully saturated rings. The van der Waals surface area contributed by atoms with E-state index in [1.807, 2.05) is 36.6 Å². The Morgan fingerprint density at radius 3 is 2.84 bits per heavy atom. The van der Waals surface area contributed by atoms with E-state index in [-0.39, 0.29) is 11.8 Å². The average molecular weight is 361 g/mol. The van der Waals surface area contributed by atoms with Gasteiger partial charge in [0.15, 0.2) is 5.13 Å². The van der Waals surface area contributed by atoms with Crippen LogP contribution < -0.4 is 10.1 Å². The van der Waals surface area contributed by atoms with Gasteiger partial charge in [-0.2, -0.15) is 0 Å². The molecule has 2 N–H and O–H groups in total. The Labute approximate surface area is 151 Å². The fourth-order valence-corrected chi connectivity index (χ4v) is 3.85. The van der Waals surface area contributed by atoms with Gasteiger partial charge >= 0.3 is 0 Å². The van der Waals surface area contributed by atoms with Crippen molar-refractivity contribution in [3.8, 4) is 5.75 Å². The maximum absolute atomic E-state index is 12.1. The monoisotopic (exact) mass is 361 g/mol. The number of anilines is 1. The van der Waals surface area contributed by atoms with E-state index >= 15 is 0 Å². The van der Waals surface area contributed by atoms with Crippen LogP contribution in [0.5, 0.6) is 5.75 Å². The van der Waals surface area contributed by atoms with Crippen LogP contribution in [0.15, 0.2) is 35.8 Å². The first-order chi connectivity index (χ1) is 12.0. The number of nitrogens with one attached hydrogen (secondary N) is 1. The summed E-state index contributed by atoms with van der Waals surface area (Å²) in [5.74, 6) is 0.718. The topological polar surface area (TPSA) is 74.7 Å². The van der Waals surface area contributed by atoms with Crippen LogP contribution in [-0.4, -0.2) is 47.6 Å². The van der Waals surface area contributed by atoms with E-state index in [2.05, 4.69) is 15.2 Å². The van der Waals surface area contributed by atoms with Gasteiger partial charge in [-0.3, -0.25) is 9.69 Å². The van der Waals surface area contributed by atoms with Crippen molar-refractivity contribution in [1.82, 2.24) is 9.88 Å². The molecule has 3 rings (SSSR count). The Morgan fingerprint density at radius 1 is 1.48 bits per heavy atom. The van der Waals surface area contributed by atoms with Gasteiger partial charge in [0.05, 0.1) is 19.3 Å². The summed E-state index contributed by atoms with van der Waals surface area (Å²) in [5, 5.41) is 16.4. The van der Waals surface area contributed by atoms with Gasteiger partial charge < -0.3 is 15.2 Å². The number of thiazole rings is 1. The van der Waals surface area contributed by atoms with Crippen molar-refractivity contribution >= 4 is 22.4 Å². The molecule has 6 nitrogen and oxygen atoms in total. The van der Waals surface area contributed by atoms with Gasteiger partial charge in [0.1, 0.15) is 5.75 Å². The number of ether oxygens (including phenoxy) is 1. The van der Waals surface area contributed by atoms with E-state index in [0.717, 1.165) is 11.3 Å². The van der Waals surface area contributed by atoms with Crippen molar-refractivity contribution in [1.29, 1.82) is 0 Å². The summed E-state index contributed by atoms with van der Waals surface area (Å²) >= 11 is 1.40. The van der Waals surface area contributed by atoms with Gasteiger partial charge in [-0.15, -0.1) is 11.3 Å². The number of carbonyl (C=O) groups is 1. The molecule has 0 saturated carbocycles. The molecule has 1 saturated heterocycles. The number of rotatable bonds is 5. The molecule has 0 aliphatic carbocycles. The summed E-state index contributed by atoms with van der Waals surface area (Å²) in [6, 6.07) is 7.57. The number of likely N-dealkylation sites (tertiary alicyclic amines) is 1. The van der Waals surface area contributed by atoms with Crippen molar-refractivity contribution in [2.24, 2.45) is 5.92 Å². The molecule has 25 heavy (non-hydrogen) atoms. The fourth-order valence-electron chi connectivity index (χ4n) is 3.30. The van der Waals surface area contributed by atoms with Crippen LogP contribution in [0.1, 0.15) is 18.9 Å². The lowest BCUT2D eigenvalue weighted by atomic mass is 9.77.